The molecule has 0 radical (unpaired) electrons. The first-order chi connectivity index (χ1) is 8.25. The van der Waals surface area contributed by atoms with Crippen LogP contribution in [0, 0.1) is 5.92 Å². The molecule has 1 aromatic carbocycles. The first-order valence-electron chi connectivity index (χ1n) is 6.36. The fourth-order valence-electron chi connectivity index (χ4n) is 2.25. The zero-order valence-electron chi connectivity index (χ0n) is 10.6. The largest absolute Gasteiger partial charge is 0.475 e. The molecule has 2 nitrogen and oxygen atoms in total. The number of nitrogens with zero attached hydrogens (tertiary/aromatic N) is 1. The number of ether oxygens (including phenoxy) is 1. The monoisotopic (exact) mass is 231 g/mol. The minimum Gasteiger partial charge on any atom is -0.475 e. The third-order valence-corrected chi connectivity index (χ3v) is 3.26. The second-order valence-electron chi connectivity index (χ2n) is 4.86. The van der Waals surface area contributed by atoms with E-state index >= 15 is 0 Å². The van der Waals surface area contributed by atoms with Crippen LogP contribution in [-0.4, -0.2) is 18.0 Å². The smallest absolute Gasteiger partial charge is 0.182 e. The van der Waals surface area contributed by atoms with Crippen molar-refractivity contribution in [3.05, 3.63) is 48.4 Å². The maximum Gasteiger partial charge on any atom is 0.182 e. The molecule has 1 unspecified atom stereocenters. The molecule has 0 aliphatic carbocycles. The van der Waals surface area contributed by atoms with E-state index in [1.54, 1.807) is 0 Å². The molecule has 1 aliphatic rings. The second-order valence-corrected chi connectivity index (χ2v) is 4.86. The van der Waals surface area contributed by atoms with E-state index in [9.17, 15) is 0 Å². The summed E-state index contributed by atoms with van der Waals surface area (Å²) in [5, 5.41) is 0. The maximum atomic E-state index is 5.75. The minimum atomic E-state index is 0.616. The standard InChI is InChI=1S/C15H21NO/c1-13-7-6-10-16(11-13)14(2)17-12-15-8-4-3-5-9-15/h3-5,8-9,13H,2,6-7,10-12H2,1H3. The van der Waals surface area contributed by atoms with Gasteiger partial charge in [-0.3, -0.25) is 0 Å². The normalized spacial score (nSPS) is 20.1. The van der Waals surface area contributed by atoms with E-state index in [-0.39, 0.29) is 0 Å². The number of benzene rings is 1. The zero-order valence-corrected chi connectivity index (χ0v) is 10.6. The van der Waals surface area contributed by atoms with Crippen LogP contribution >= 0.6 is 0 Å². The van der Waals surface area contributed by atoms with Gasteiger partial charge in [0.15, 0.2) is 5.88 Å². The van der Waals surface area contributed by atoms with Crippen LogP contribution in [0.4, 0.5) is 0 Å². The Morgan fingerprint density at radius 1 is 1.41 bits per heavy atom. The molecular formula is C15H21NO. The molecule has 1 fully saturated rings. The predicted octanol–water partition coefficient (Wildman–Crippen LogP) is 3.41. The van der Waals surface area contributed by atoms with E-state index in [0.717, 1.165) is 24.9 Å². The van der Waals surface area contributed by atoms with Gasteiger partial charge in [0, 0.05) is 13.1 Å². The Balaban J connectivity index is 1.81. The minimum absolute atomic E-state index is 0.616. The molecule has 92 valence electrons. The summed E-state index contributed by atoms with van der Waals surface area (Å²) in [4.78, 5) is 2.26. The van der Waals surface area contributed by atoms with E-state index in [1.165, 1.54) is 18.4 Å². The van der Waals surface area contributed by atoms with Crippen LogP contribution in [0.3, 0.4) is 0 Å². The predicted molar refractivity (Wildman–Crippen MR) is 70.3 cm³/mol. The van der Waals surface area contributed by atoms with Crippen molar-refractivity contribution < 1.29 is 4.74 Å². The van der Waals surface area contributed by atoms with Crippen molar-refractivity contribution >= 4 is 0 Å². The van der Waals surface area contributed by atoms with Crippen molar-refractivity contribution in [3.63, 3.8) is 0 Å². The molecule has 0 aromatic heterocycles. The fraction of sp³-hybridized carbons (Fsp3) is 0.467. The molecular weight excluding hydrogens is 210 g/mol. The third kappa shape index (κ3) is 3.52. The Morgan fingerprint density at radius 3 is 2.88 bits per heavy atom. The molecule has 1 heterocycles. The van der Waals surface area contributed by atoms with Gasteiger partial charge in [0.05, 0.1) is 0 Å². The Kier molecular flexibility index (Phi) is 4.08. The van der Waals surface area contributed by atoms with E-state index < -0.39 is 0 Å². The van der Waals surface area contributed by atoms with Gasteiger partial charge in [-0.25, -0.2) is 0 Å². The first-order valence-corrected chi connectivity index (χ1v) is 6.36. The van der Waals surface area contributed by atoms with Gasteiger partial charge >= 0.3 is 0 Å². The van der Waals surface area contributed by atoms with Gasteiger partial charge in [-0.05, 0) is 30.9 Å². The second kappa shape index (κ2) is 5.76. The highest BCUT2D eigenvalue weighted by Gasteiger charge is 2.17. The molecule has 0 N–H and O–H groups in total. The molecule has 1 saturated heterocycles. The van der Waals surface area contributed by atoms with Crippen LogP contribution < -0.4 is 0 Å². The van der Waals surface area contributed by atoms with Crippen LogP contribution in [0.15, 0.2) is 42.8 Å². The third-order valence-electron chi connectivity index (χ3n) is 3.26. The summed E-state index contributed by atoms with van der Waals surface area (Å²) in [6.45, 7) is 9.09. The summed E-state index contributed by atoms with van der Waals surface area (Å²) in [6.07, 6.45) is 2.57. The van der Waals surface area contributed by atoms with Crippen molar-refractivity contribution in [2.24, 2.45) is 5.92 Å². The summed E-state index contributed by atoms with van der Waals surface area (Å²) < 4.78 is 5.75. The van der Waals surface area contributed by atoms with Crippen LogP contribution in [-0.2, 0) is 11.3 Å². The van der Waals surface area contributed by atoms with Gasteiger partial charge in [-0.2, -0.15) is 0 Å². The average Bonchev–Trinajstić information content (AvgIpc) is 2.37. The molecule has 1 aliphatic heterocycles. The maximum absolute atomic E-state index is 5.75. The Hall–Kier alpha value is -1.44. The summed E-state index contributed by atoms with van der Waals surface area (Å²) in [7, 11) is 0. The van der Waals surface area contributed by atoms with E-state index in [2.05, 4.69) is 30.5 Å². The average molecular weight is 231 g/mol. The lowest BCUT2D eigenvalue weighted by molar-refractivity contribution is 0.0786. The van der Waals surface area contributed by atoms with Gasteiger partial charge < -0.3 is 9.64 Å². The SMILES string of the molecule is C=C(OCc1ccccc1)N1CCCC(C)C1. The Bertz CT molecular complexity index is 360. The summed E-state index contributed by atoms with van der Waals surface area (Å²) >= 11 is 0. The van der Waals surface area contributed by atoms with Gasteiger partial charge in [0.25, 0.3) is 0 Å². The highest BCUT2D eigenvalue weighted by molar-refractivity contribution is 5.13. The van der Waals surface area contributed by atoms with Crippen molar-refractivity contribution in [1.82, 2.24) is 4.90 Å². The summed E-state index contributed by atoms with van der Waals surface area (Å²) in [5.74, 6) is 1.57. The van der Waals surface area contributed by atoms with Crippen molar-refractivity contribution in [1.29, 1.82) is 0 Å². The highest BCUT2D eigenvalue weighted by atomic mass is 16.5. The van der Waals surface area contributed by atoms with Gasteiger partial charge in [-0.1, -0.05) is 37.3 Å². The van der Waals surface area contributed by atoms with E-state index in [4.69, 9.17) is 4.74 Å². The van der Waals surface area contributed by atoms with Crippen LogP contribution in [0.5, 0.6) is 0 Å². The zero-order chi connectivity index (χ0) is 12.1. The lowest BCUT2D eigenvalue weighted by Gasteiger charge is -2.33. The van der Waals surface area contributed by atoms with Gasteiger partial charge in [0.1, 0.15) is 6.61 Å². The lowest BCUT2D eigenvalue weighted by Crippen LogP contribution is -2.34. The molecule has 2 rings (SSSR count). The molecule has 0 amide bonds. The molecule has 0 bridgehead atoms. The molecule has 1 atom stereocenters. The Labute approximate surface area is 104 Å². The highest BCUT2D eigenvalue weighted by Crippen LogP contribution is 2.19. The van der Waals surface area contributed by atoms with Crippen molar-refractivity contribution in [2.45, 2.75) is 26.4 Å². The molecule has 2 heteroatoms. The van der Waals surface area contributed by atoms with Crippen molar-refractivity contribution in [3.8, 4) is 0 Å². The Morgan fingerprint density at radius 2 is 2.18 bits per heavy atom. The number of piperidine rings is 1. The number of hydrogen-bond acceptors (Lipinski definition) is 2. The molecule has 1 aromatic rings. The summed E-state index contributed by atoms with van der Waals surface area (Å²) in [6, 6.07) is 10.2. The number of rotatable bonds is 4. The van der Waals surface area contributed by atoms with E-state index in [1.807, 2.05) is 18.2 Å². The number of likely N-dealkylation sites (tertiary alicyclic amines) is 1. The first kappa shape index (κ1) is 12.0. The van der Waals surface area contributed by atoms with E-state index in [0.29, 0.717) is 6.61 Å². The van der Waals surface area contributed by atoms with Crippen LogP contribution in [0.1, 0.15) is 25.3 Å². The van der Waals surface area contributed by atoms with Crippen LogP contribution in [0.25, 0.3) is 0 Å². The molecule has 0 spiro atoms. The van der Waals surface area contributed by atoms with Gasteiger partial charge in [-0.15, -0.1) is 0 Å². The lowest BCUT2D eigenvalue weighted by atomic mass is 10.0. The molecule has 17 heavy (non-hydrogen) atoms. The molecule has 0 saturated carbocycles. The topological polar surface area (TPSA) is 12.5 Å². The number of hydrogen-bond donors (Lipinski definition) is 0. The summed E-state index contributed by atoms with van der Waals surface area (Å²) in [5.41, 5.74) is 1.19. The quantitative estimate of drug-likeness (QED) is 0.736. The van der Waals surface area contributed by atoms with Gasteiger partial charge in [0.2, 0.25) is 0 Å². The van der Waals surface area contributed by atoms with Crippen molar-refractivity contribution in [2.75, 3.05) is 13.1 Å². The van der Waals surface area contributed by atoms with Crippen LogP contribution in [0.2, 0.25) is 0 Å². The fourth-order valence-corrected chi connectivity index (χ4v) is 2.25.